The standard InChI is InChI=1S/C13H24N2O2S/c16-13(12-9-18-10-15-12)14-7-4-8-17-11-5-2-1-3-6-11/h11-12,15H,1-10H2,(H,14,16). The lowest BCUT2D eigenvalue weighted by Crippen LogP contribution is -2.42. The molecular weight excluding hydrogens is 248 g/mol. The molecule has 4 nitrogen and oxygen atoms in total. The minimum Gasteiger partial charge on any atom is -0.378 e. The predicted octanol–water partition coefficient (Wildman–Crippen LogP) is 1.50. The third-order valence-corrected chi connectivity index (χ3v) is 4.50. The van der Waals surface area contributed by atoms with Crippen molar-refractivity contribution in [2.45, 2.75) is 50.7 Å². The van der Waals surface area contributed by atoms with Crippen molar-refractivity contribution in [3.63, 3.8) is 0 Å². The second-order valence-corrected chi connectivity index (χ2v) is 6.08. The van der Waals surface area contributed by atoms with Gasteiger partial charge in [0.2, 0.25) is 5.91 Å². The van der Waals surface area contributed by atoms with Gasteiger partial charge in [0.1, 0.15) is 0 Å². The van der Waals surface area contributed by atoms with Crippen LogP contribution >= 0.6 is 11.8 Å². The van der Waals surface area contributed by atoms with Crippen molar-refractivity contribution in [3.05, 3.63) is 0 Å². The van der Waals surface area contributed by atoms with Crippen LogP contribution in [0.5, 0.6) is 0 Å². The van der Waals surface area contributed by atoms with Gasteiger partial charge < -0.3 is 10.1 Å². The van der Waals surface area contributed by atoms with Gasteiger partial charge in [0.25, 0.3) is 0 Å². The number of nitrogens with one attached hydrogen (secondary N) is 2. The summed E-state index contributed by atoms with van der Waals surface area (Å²) in [5, 5.41) is 6.14. The van der Waals surface area contributed by atoms with Crippen molar-refractivity contribution in [2.75, 3.05) is 24.8 Å². The Morgan fingerprint density at radius 2 is 2.17 bits per heavy atom. The summed E-state index contributed by atoms with van der Waals surface area (Å²) < 4.78 is 5.82. The van der Waals surface area contributed by atoms with Crippen molar-refractivity contribution < 1.29 is 9.53 Å². The van der Waals surface area contributed by atoms with Gasteiger partial charge in [-0.3, -0.25) is 10.1 Å². The molecule has 104 valence electrons. The first-order valence-corrected chi connectivity index (χ1v) is 8.22. The van der Waals surface area contributed by atoms with E-state index in [0.29, 0.717) is 6.10 Å². The Kier molecular flexibility index (Phi) is 6.31. The van der Waals surface area contributed by atoms with Gasteiger partial charge in [-0.05, 0) is 19.3 Å². The van der Waals surface area contributed by atoms with Gasteiger partial charge in [-0.15, -0.1) is 11.8 Å². The van der Waals surface area contributed by atoms with Crippen LogP contribution in [0.2, 0.25) is 0 Å². The van der Waals surface area contributed by atoms with Gasteiger partial charge in [0.05, 0.1) is 12.1 Å². The van der Waals surface area contributed by atoms with Gasteiger partial charge >= 0.3 is 0 Å². The molecule has 0 bridgehead atoms. The molecule has 1 aliphatic carbocycles. The molecule has 1 atom stereocenters. The second kappa shape index (κ2) is 8.02. The Bertz CT molecular complexity index is 251. The van der Waals surface area contributed by atoms with E-state index in [0.717, 1.165) is 31.2 Å². The van der Waals surface area contributed by atoms with Gasteiger partial charge in [0.15, 0.2) is 0 Å². The Hall–Kier alpha value is -0.260. The van der Waals surface area contributed by atoms with Crippen LogP contribution in [0.25, 0.3) is 0 Å². The molecule has 1 saturated heterocycles. The van der Waals surface area contributed by atoms with E-state index in [1.165, 1.54) is 32.1 Å². The zero-order chi connectivity index (χ0) is 12.6. The highest BCUT2D eigenvalue weighted by molar-refractivity contribution is 7.99. The maximum atomic E-state index is 11.7. The zero-order valence-corrected chi connectivity index (χ0v) is 11.8. The van der Waals surface area contributed by atoms with E-state index in [4.69, 9.17) is 4.74 Å². The molecule has 0 radical (unpaired) electrons. The fraction of sp³-hybridized carbons (Fsp3) is 0.923. The topological polar surface area (TPSA) is 50.4 Å². The lowest BCUT2D eigenvalue weighted by molar-refractivity contribution is -0.122. The van der Waals surface area contributed by atoms with Gasteiger partial charge in [-0.25, -0.2) is 0 Å². The number of thioether (sulfide) groups is 1. The largest absolute Gasteiger partial charge is 0.378 e. The van der Waals surface area contributed by atoms with Crippen LogP contribution in [0.1, 0.15) is 38.5 Å². The van der Waals surface area contributed by atoms with Crippen molar-refractivity contribution in [1.29, 1.82) is 0 Å². The average Bonchev–Trinajstić information content (AvgIpc) is 2.93. The summed E-state index contributed by atoms with van der Waals surface area (Å²) in [5.74, 6) is 1.92. The monoisotopic (exact) mass is 272 g/mol. The van der Waals surface area contributed by atoms with Crippen LogP contribution in [0.15, 0.2) is 0 Å². The molecule has 0 spiro atoms. The summed E-state index contributed by atoms with van der Waals surface area (Å²) in [6.07, 6.45) is 7.82. The first kappa shape index (κ1) is 14.2. The van der Waals surface area contributed by atoms with E-state index >= 15 is 0 Å². The molecule has 1 saturated carbocycles. The SMILES string of the molecule is O=C(NCCCOC1CCCCC1)C1CSCN1. The Balaban J connectivity index is 1.46. The van der Waals surface area contributed by atoms with E-state index in [9.17, 15) is 4.79 Å². The van der Waals surface area contributed by atoms with E-state index in [2.05, 4.69) is 10.6 Å². The molecule has 0 aromatic rings. The highest BCUT2D eigenvalue weighted by Crippen LogP contribution is 2.20. The predicted molar refractivity (Wildman–Crippen MR) is 74.7 cm³/mol. The minimum absolute atomic E-state index is 0.00858. The normalized spacial score (nSPS) is 25.2. The summed E-state index contributed by atoms with van der Waals surface area (Å²) >= 11 is 1.78. The van der Waals surface area contributed by atoms with Crippen molar-refractivity contribution in [3.8, 4) is 0 Å². The van der Waals surface area contributed by atoms with Crippen LogP contribution in [-0.2, 0) is 9.53 Å². The van der Waals surface area contributed by atoms with Crippen LogP contribution in [0.4, 0.5) is 0 Å². The quantitative estimate of drug-likeness (QED) is 0.720. The number of amides is 1. The summed E-state index contributed by atoms with van der Waals surface area (Å²) in [6.45, 7) is 1.51. The van der Waals surface area contributed by atoms with Crippen LogP contribution in [0.3, 0.4) is 0 Å². The summed E-state index contributed by atoms with van der Waals surface area (Å²) in [6, 6.07) is 0.00858. The van der Waals surface area contributed by atoms with Crippen molar-refractivity contribution in [2.24, 2.45) is 0 Å². The Labute approximate surface area is 114 Å². The number of hydrogen-bond donors (Lipinski definition) is 2. The molecule has 2 N–H and O–H groups in total. The first-order chi connectivity index (χ1) is 8.86. The first-order valence-electron chi connectivity index (χ1n) is 7.07. The maximum absolute atomic E-state index is 11.7. The Morgan fingerprint density at radius 3 is 2.89 bits per heavy atom. The molecule has 2 rings (SSSR count). The number of rotatable bonds is 6. The summed E-state index contributed by atoms with van der Waals surface area (Å²) in [5.41, 5.74) is 0. The fourth-order valence-electron chi connectivity index (χ4n) is 2.45. The molecule has 1 amide bonds. The molecule has 2 aliphatic rings. The van der Waals surface area contributed by atoms with E-state index in [-0.39, 0.29) is 11.9 Å². The third kappa shape index (κ3) is 4.78. The van der Waals surface area contributed by atoms with Crippen LogP contribution < -0.4 is 10.6 Å². The molecule has 1 unspecified atom stereocenters. The molecule has 0 aromatic heterocycles. The van der Waals surface area contributed by atoms with Gasteiger partial charge in [0, 0.05) is 24.8 Å². The lowest BCUT2D eigenvalue weighted by atomic mass is 9.98. The summed E-state index contributed by atoms with van der Waals surface area (Å²) in [4.78, 5) is 11.7. The number of hydrogen-bond acceptors (Lipinski definition) is 4. The van der Waals surface area contributed by atoms with E-state index in [1.54, 1.807) is 11.8 Å². The second-order valence-electron chi connectivity index (χ2n) is 5.05. The van der Waals surface area contributed by atoms with E-state index in [1.807, 2.05) is 0 Å². The number of carbonyl (C=O) groups is 1. The lowest BCUT2D eigenvalue weighted by Gasteiger charge is -2.22. The molecule has 1 heterocycles. The Morgan fingerprint density at radius 1 is 1.33 bits per heavy atom. The third-order valence-electron chi connectivity index (χ3n) is 3.56. The molecule has 1 aliphatic heterocycles. The highest BCUT2D eigenvalue weighted by atomic mass is 32.2. The minimum atomic E-state index is 0.00858. The number of ether oxygens (including phenoxy) is 1. The average molecular weight is 272 g/mol. The smallest absolute Gasteiger partial charge is 0.238 e. The van der Waals surface area contributed by atoms with Crippen molar-refractivity contribution in [1.82, 2.24) is 10.6 Å². The molecular formula is C13H24N2O2S. The molecule has 2 fully saturated rings. The highest BCUT2D eigenvalue weighted by Gasteiger charge is 2.21. The molecule has 18 heavy (non-hydrogen) atoms. The summed E-state index contributed by atoms with van der Waals surface area (Å²) in [7, 11) is 0. The van der Waals surface area contributed by atoms with Crippen molar-refractivity contribution >= 4 is 17.7 Å². The van der Waals surface area contributed by atoms with E-state index < -0.39 is 0 Å². The number of carbonyl (C=O) groups excluding carboxylic acids is 1. The van der Waals surface area contributed by atoms with Gasteiger partial charge in [-0.2, -0.15) is 0 Å². The van der Waals surface area contributed by atoms with Crippen LogP contribution in [0, 0.1) is 0 Å². The zero-order valence-electron chi connectivity index (χ0n) is 11.0. The fourth-order valence-corrected chi connectivity index (χ4v) is 3.39. The maximum Gasteiger partial charge on any atom is 0.238 e. The van der Waals surface area contributed by atoms with Crippen LogP contribution in [-0.4, -0.2) is 42.8 Å². The molecule has 0 aromatic carbocycles. The van der Waals surface area contributed by atoms with Gasteiger partial charge in [-0.1, -0.05) is 19.3 Å². The molecule has 5 heteroatoms.